The van der Waals surface area contributed by atoms with Crippen molar-refractivity contribution >= 4 is 22.8 Å². The molecular weight excluding hydrogens is 290 g/mol. The van der Waals surface area contributed by atoms with Crippen molar-refractivity contribution < 1.29 is 4.79 Å². The van der Waals surface area contributed by atoms with E-state index in [0.29, 0.717) is 24.7 Å². The summed E-state index contributed by atoms with van der Waals surface area (Å²) in [7, 11) is 1.89. The largest absolute Gasteiger partial charge is 0.346 e. The molecular formula is C17H15N5O. The number of pyridine rings is 1. The molecule has 0 bridgehead atoms. The van der Waals surface area contributed by atoms with Gasteiger partial charge in [-0.1, -0.05) is 24.3 Å². The number of nitrogens with zero attached hydrogens (tertiary/aromatic N) is 4. The molecule has 0 saturated carbocycles. The first-order valence-electron chi connectivity index (χ1n) is 7.40. The van der Waals surface area contributed by atoms with Gasteiger partial charge in [-0.05, 0) is 12.1 Å². The molecule has 0 saturated heterocycles. The van der Waals surface area contributed by atoms with Crippen molar-refractivity contribution in [3.8, 4) is 0 Å². The highest BCUT2D eigenvalue weighted by atomic mass is 16.2. The van der Waals surface area contributed by atoms with Crippen LogP contribution in [0.2, 0.25) is 0 Å². The Morgan fingerprint density at radius 3 is 2.96 bits per heavy atom. The standard InChI is InChI=1S/C17H15N5O/c1-22(17-19-9-12-8-18-16(23)15(12)21-17)10-13-7-6-11-4-2-3-5-14(11)20-13/h2-7,9H,8,10H2,1H3,(H,18,23). The fraction of sp³-hybridized carbons (Fsp3) is 0.176. The normalized spacial score (nSPS) is 13.0. The Morgan fingerprint density at radius 1 is 1.17 bits per heavy atom. The molecule has 114 valence electrons. The van der Waals surface area contributed by atoms with Crippen LogP contribution in [0.3, 0.4) is 0 Å². The van der Waals surface area contributed by atoms with Gasteiger partial charge < -0.3 is 10.2 Å². The van der Waals surface area contributed by atoms with E-state index in [1.165, 1.54) is 0 Å². The van der Waals surface area contributed by atoms with Crippen LogP contribution >= 0.6 is 0 Å². The Kier molecular flexibility index (Phi) is 3.15. The molecule has 2 aromatic heterocycles. The van der Waals surface area contributed by atoms with Crippen molar-refractivity contribution in [1.82, 2.24) is 20.3 Å². The molecule has 1 amide bonds. The molecule has 23 heavy (non-hydrogen) atoms. The molecule has 6 heteroatoms. The molecule has 1 aliphatic rings. The quantitative estimate of drug-likeness (QED) is 0.800. The van der Waals surface area contributed by atoms with Gasteiger partial charge in [-0.15, -0.1) is 0 Å². The molecule has 0 spiro atoms. The zero-order chi connectivity index (χ0) is 15.8. The number of hydrogen-bond donors (Lipinski definition) is 1. The maximum atomic E-state index is 11.7. The van der Waals surface area contributed by atoms with Crippen LogP contribution in [-0.2, 0) is 13.1 Å². The van der Waals surface area contributed by atoms with Crippen molar-refractivity contribution in [2.45, 2.75) is 13.1 Å². The van der Waals surface area contributed by atoms with Crippen LogP contribution in [0, 0.1) is 0 Å². The molecule has 6 nitrogen and oxygen atoms in total. The number of para-hydroxylation sites is 1. The molecule has 0 radical (unpaired) electrons. The monoisotopic (exact) mass is 305 g/mol. The van der Waals surface area contributed by atoms with E-state index in [2.05, 4.69) is 26.3 Å². The summed E-state index contributed by atoms with van der Waals surface area (Å²) in [5, 5.41) is 3.86. The molecule has 1 N–H and O–H groups in total. The van der Waals surface area contributed by atoms with Crippen molar-refractivity contribution in [3.63, 3.8) is 0 Å². The summed E-state index contributed by atoms with van der Waals surface area (Å²) in [6, 6.07) is 12.1. The summed E-state index contributed by atoms with van der Waals surface area (Å²) < 4.78 is 0. The van der Waals surface area contributed by atoms with E-state index < -0.39 is 0 Å². The molecule has 0 unspecified atom stereocenters. The molecule has 3 heterocycles. The van der Waals surface area contributed by atoms with Gasteiger partial charge in [0, 0.05) is 30.7 Å². The zero-order valence-corrected chi connectivity index (χ0v) is 12.7. The first-order valence-corrected chi connectivity index (χ1v) is 7.40. The van der Waals surface area contributed by atoms with E-state index in [9.17, 15) is 4.79 Å². The number of nitrogens with one attached hydrogen (secondary N) is 1. The Labute approximate surface area is 133 Å². The van der Waals surface area contributed by atoms with E-state index in [1.54, 1.807) is 6.20 Å². The lowest BCUT2D eigenvalue weighted by Gasteiger charge is -2.17. The minimum Gasteiger partial charge on any atom is -0.346 e. The number of carbonyl (C=O) groups excluding carboxylic acids is 1. The van der Waals surface area contributed by atoms with Gasteiger partial charge in [-0.3, -0.25) is 9.78 Å². The molecule has 0 fully saturated rings. The SMILES string of the molecule is CN(Cc1ccc2ccccc2n1)c1ncc2c(n1)C(=O)NC2. The highest BCUT2D eigenvalue weighted by molar-refractivity contribution is 5.96. The summed E-state index contributed by atoms with van der Waals surface area (Å²) in [5.74, 6) is 0.386. The van der Waals surface area contributed by atoms with E-state index in [0.717, 1.165) is 22.2 Å². The second-order valence-electron chi connectivity index (χ2n) is 5.58. The van der Waals surface area contributed by atoms with Crippen LogP contribution in [0.15, 0.2) is 42.6 Å². The van der Waals surface area contributed by atoms with Crippen LogP contribution in [0.25, 0.3) is 10.9 Å². The van der Waals surface area contributed by atoms with E-state index in [4.69, 9.17) is 0 Å². The van der Waals surface area contributed by atoms with Gasteiger partial charge in [-0.2, -0.15) is 0 Å². The number of benzene rings is 1. The van der Waals surface area contributed by atoms with Crippen LogP contribution in [0.4, 0.5) is 5.95 Å². The first-order chi connectivity index (χ1) is 11.2. The predicted molar refractivity (Wildman–Crippen MR) is 87.1 cm³/mol. The number of anilines is 1. The zero-order valence-electron chi connectivity index (χ0n) is 12.7. The summed E-state index contributed by atoms with van der Waals surface area (Å²) in [4.78, 5) is 27.0. The van der Waals surface area contributed by atoms with Gasteiger partial charge >= 0.3 is 0 Å². The maximum absolute atomic E-state index is 11.7. The molecule has 0 aliphatic carbocycles. The minimum atomic E-state index is -0.138. The average Bonchev–Trinajstić information content (AvgIpc) is 2.95. The van der Waals surface area contributed by atoms with E-state index in [-0.39, 0.29) is 5.91 Å². The molecule has 3 aromatic rings. The van der Waals surface area contributed by atoms with Gasteiger partial charge in [-0.25, -0.2) is 9.97 Å². The molecule has 4 rings (SSSR count). The van der Waals surface area contributed by atoms with Crippen LogP contribution in [0.1, 0.15) is 21.7 Å². The number of hydrogen-bond acceptors (Lipinski definition) is 5. The Morgan fingerprint density at radius 2 is 2.04 bits per heavy atom. The molecule has 0 atom stereocenters. The summed E-state index contributed by atoms with van der Waals surface area (Å²) in [6.45, 7) is 1.08. The second kappa shape index (κ2) is 5.31. The van der Waals surface area contributed by atoms with Gasteiger partial charge in [0.1, 0.15) is 5.69 Å². The first kappa shape index (κ1) is 13.6. The number of aromatic nitrogens is 3. The highest BCUT2D eigenvalue weighted by Gasteiger charge is 2.22. The lowest BCUT2D eigenvalue weighted by molar-refractivity contribution is 0.0961. The topological polar surface area (TPSA) is 71.0 Å². The smallest absolute Gasteiger partial charge is 0.270 e. The Balaban J connectivity index is 1.60. The van der Waals surface area contributed by atoms with Crippen molar-refractivity contribution in [2.75, 3.05) is 11.9 Å². The predicted octanol–water partition coefficient (Wildman–Crippen LogP) is 1.90. The second-order valence-corrected chi connectivity index (χ2v) is 5.58. The van der Waals surface area contributed by atoms with Crippen molar-refractivity contribution in [3.05, 3.63) is 59.5 Å². The molecule has 1 aromatic carbocycles. The Bertz CT molecular complexity index is 908. The Hall–Kier alpha value is -3.02. The fourth-order valence-corrected chi connectivity index (χ4v) is 2.68. The number of carbonyl (C=O) groups is 1. The fourth-order valence-electron chi connectivity index (χ4n) is 2.68. The van der Waals surface area contributed by atoms with Gasteiger partial charge in [0.15, 0.2) is 0 Å². The summed E-state index contributed by atoms with van der Waals surface area (Å²) in [6.07, 6.45) is 1.71. The number of fused-ring (bicyclic) bond motifs is 2. The average molecular weight is 305 g/mol. The van der Waals surface area contributed by atoms with E-state index in [1.807, 2.05) is 42.3 Å². The summed E-state index contributed by atoms with van der Waals surface area (Å²) in [5.41, 5.74) is 3.21. The third-order valence-corrected chi connectivity index (χ3v) is 3.90. The number of amides is 1. The van der Waals surface area contributed by atoms with Crippen LogP contribution in [-0.4, -0.2) is 27.9 Å². The highest BCUT2D eigenvalue weighted by Crippen LogP contribution is 2.17. The van der Waals surface area contributed by atoms with Gasteiger partial charge in [0.25, 0.3) is 5.91 Å². The lowest BCUT2D eigenvalue weighted by atomic mass is 10.2. The van der Waals surface area contributed by atoms with Crippen molar-refractivity contribution in [2.24, 2.45) is 0 Å². The van der Waals surface area contributed by atoms with Crippen LogP contribution < -0.4 is 10.2 Å². The summed E-state index contributed by atoms with van der Waals surface area (Å²) >= 11 is 0. The minimum absolute atomic E-state index is 0.138. The van der Waals surface area contributed by atoms with E-state index >= 15 is 0 Å². The molecule has 1 aliphatic heterocycles. The lowest BCUT2D eigenvalue weighted by Crippen LogP contribution is -2.21. The third kappa shape index (κ3) is 2.48. The third-order valence-electron chi connectivity index (χ3n) is 3.90. The van der Waals surface area contributed by atoms with Crippen LogP contribution in [0.5, 0.6) is 0 Å². The maximum Gasteiger partial charge on any atom is 0.270 e. The number of rotatable bonds is 3. The van der Waals surface area contributed by atoms with Gasteiger partial charge in [0.05, 0.1) is 17.8 Å². The van der Waals surface area contributed by atoms with Gasteiger partial charge in [0.2, 0.25) is 5.95 Å². The van der Waals surface area contributed by atoms with Crippen molar-refractivity contribution in [1.29, 1.82) is 0 Å².